The van der Waals surface area contributed by atoms with Gasteiger partial charge in [-0.2, -0.15) is 0 Å². The van der Waals surface area contributed by atoms with Crippen LogP contribution in [0.5, 0.6) is 11.5 Å². The van der Waals surface area contributed by atoms with Crippen LogP contribution in [0.2, 0.25) is 0 Å². The number of aryl methyl sites for hydroxylation is 1. The molecule has 0 bridgehead atoms. The first kappa shape index (κ1) is 21.7. The second kappa shape index (κ2) is 8.68. The van der Waals surface area contributed by atoms with Gasteiger partial charge in [-0.3, -0.25) is 9.59 Å². The Bertz CT molecular complexity index is 1060. The van der Waals surface area contributed by atoms with Crippen LogP contribution in [0.3, 0.4) is 0 Å². The molecule has 3 aliphatic rings. The fraction of sp³-hybridized carbons (Fsp3) is 0.583. The van der Waals surface area contributed by atoms with E-state index in [1.165, 1.54) is 12.8 Å². The number of fused-ring (bicyclic) bond motifs is 1. The average Bonchev–Trinajstić information content (AvgIpc) is 3.49. The summed E-state index contributed by atoms with van der Waals surface area (Å²) in [5.41, 5.74) is 0.577. The first-order valence-electron chi connectivity index (χ1n) is 11.7. The third kappa shape index (κ3) is 4.28. The van der Waals surface area contributed by atoms with Crippen LogP contribution in [0.15, 0.2) is 18.2 Å². The molecule has 9 heteroatoms. The van der Waals surface area contributed by atoms with Crippen molar-refractivity contribution in [2.75, 3.05) is 33.9 Å². The molecule has 176 valence electrons. The zero-order valence-corrected chi connectivity index (χ0v) is 19.3. The summed E-state index contributed by atoms with van der Waals surface area (Å²) >= 11 is 0. The number of rotatable bonds is 6. The molecule has 1 spiro atoms. The number of methoxy groups -OCH3 is 2. The van der Waals surface area contributed by atoms with E-state index in [1.54, 1.807) is 32.4 Å². The molecule has 2 aromatic rings. The Hall–Kier alpha value is -3.10. The number of hydrogen-bond donors (Lipinski definition) is 1. The van der Waals surface area contributed by atoms with Crippen molar-refractivity contribution in [2.24, 2.45) is 11.3 Å². The van der Waals surface area contributed by atoms with Gasteiger partial charge in [0.25, 0.3) is 11.8 Å². The van der Waals surface area contributed by atoms with Crippen LogP contribution in [-0.4, -0.2) is 65.3 Å². The number of amides is 2. The van der Waals surface area contributed by atoms with E-state index in [0.717, 1.165) is 38.1 Å². The fourth-order valence-corrected chi connectivity index (χ4v) is 5.07. The number of aromatic nitrogens is 3. The summed E-state index contributed by atoms with van der Waals surface area (Å²) in [6.45, 7) is 2.82. The Morgan fingerprint density at radius 1 is 1.12 bits per heavy atom. The zero-order valence-electron chi connectivity index (χ0n) is 19.3. The molecule has 5 rings (SSSR count). The van der Waals surface area contributed by atoms with Crippen LogP contribution >= 0.6 is 0 Å². The third-order valence-electron chi connectivity index (χ3n) is 7.39. The van der Waals surface area contributed by atoms with Crippen molar-refractivity contribution in [1.29, 1.82) is 0 Å². The quantitative estimate of drug-likeness (QED) is 0.721. The lowest BCUT2D eigenvalue weighted by Gasteiger charge is -2.27. The minimum atomic E-state index is -0.133. The largest absolute Gasteiger partial charge is 0.497 e. The molecule has 3 heterocycles. The summed E-state index contributed by atoms with van der Waals surface area (Å²) in [7, 11) is 3.16. The molecule has 2 fully saturated rings. The third-order valence-corrected chi connectivity index (χ3v) is 7.39. The smallest absolute Gasteiger partial charge is 0.289 e. The van der Waals surface area contributed by atoms with E-state index in [0.29, 0.717) is 48.4 Å². The molecule has 0 radical (unpaired) electrons. The Kier molecular flexibility index (Phi) is 5.72. The summed E-state index contributed by atoms with van der Waals surface area (Å²) in [4.78, 5) is 27.9. The standard InChI is InChI=1S/C24H31N5O4/c1-32-17-5-6-18(19(13-17)33-2)23(31)28-11-9-24(15-28)8-7-20-26-27-21(29(20)12-10-24)22(30)25-14-16-3-4-16/h5-6,13,16H,3-4,7-12,14-15H2,1-2H3,(H,25,30). The van der Waals surface area contributed by atoms with Crippen LogP contribution < -0.4 is 14.8 Å². The molecule has 1 unspecified atom stereocenters. The normalized spacial score (nSPS) is 22.1. The Labute approximate surface area is 193 Å². The van der Waals surface area contributed by atoms with Crippen molar-refractivity contribution in [3.8, 4) is 11.5 Å². The van der Waals surface area contributed by atoms with Gasteiger partial charge in [0.1, 0.15) is 17.3 Å². The van der Waals surface area contributed by atoms with E-state index in [4.69, 9.17) is 9.47 Å². The highest BCUT2D eigenvalue weighted by Crippen LogP contribution is 2.42. The summed E-state index contributed by atoms with van der Waals surface area (Å²) < 4.78 is 12.7. The van der Waals surface area contributed by atoms with Crippen LogP contribution in [0.1, 0.15) is 58.9 Å². The maximum absolute atomic E-state index is 13.3. The molecule has 1 N–H and O–H groups in total. The molecule has 9 nitrogen and oxygen atoms in total. The number of carbonyl (C=O) groups excluding carboxylic acids is 2. The summed E-state index contributed by atoms with van der Waals surface area (Å²) in [5, 5.41) is 11.5. The molecule has 1 saturated heterocycles. The van der Waals surface area contributed by atoms with Crippen molar-refractivity contribution in [2.45, 2.75) is 45.1 Å². The van der Waals surface area contributed by atoms with Crippen molar-refractivity contribution in [3.05, 3.63) is 35.4 Å². The molecule has 1 aliphatic carbocycles. The predicted molar refractivity (Wildman–Crippen MR) is 121 cm³/mol. The molecular weight excluding hydrogens is 422 g/mol. The van der Waals surface area contributed by atoms with Gasteiger partial charge in [-0.25, -0.2) is 0 Å². The van der Waals surface area contributed by atoms with Gasteiger partial charge in [0, 0.05) is 38.7 Å². The van der Waals surface area contributed by atoms with E-state index in [2.05, 4.69) is 15.5 Å². The maximum atomic E-state index is 13.3. The van der Waals surface area contributed by atoms with Gasteiger partial charge in [-0.15, -0.1) is 10.2 Å². The molecular formula is C24H31N5O4. The van der Waals surface area contributed by atoms with Gasteiger partial charge in [-0.1, -0.05) is 0 Å². The number of nitrogens with one attached hydrogen (secondary N) is 1. The highest BCUT2D eigenvalue weighted by atomic mass is 16.5. The Morgan fingerprint density at radius 3 is 2.70 bits per heavy atom. The summed E-state index contributed by atoms with van der Waals surface area (Å²) in [5.74, 6) is 2.93. The van der Waals surface area contributed by atoms with E-state index >= 15 is 0 Å². The lowest BCUT2D eigenvalue weighted by molar-refractivity contribution is 0.0763. The predicted octanol–water partition coefficient (Wildman–Crippen LogP) is 2.30. The van der Waals surface area contributed by atoms with Gasteiger partial charge in [0.15, 0.2) is 0 Å². The molecule has 2 aliphatic heterocycles. The van der Waals surface area contributed by atoms with E-state index in [9.17, 15) is 9.59 Å². The van der Waals surface area contributed by atoms with Gasteiger partial charge in [-0.05, 0) is 55.6 Å². The molecule has 1 saturated carbocycles. The fourth-order valence-electron chi connectivity index (χ4n) is 5.07. The van der Waals surface area contributed by atoms with Crippen molar-refractivity contribution >= 4 is 11.8 Å². The highest BCUT2D eigenvalue weighted by molar-refractivity contribution is 5.97. The van der Waals surface area contributed by atoms with Gasteiger partial charge in [0.2, 0.25) is 5.82 Å². The maximum Gasteiger partial charge on any atom is 0.289 e. The number of carbonyl (C=O) groups is 2. The Morgan fingerprint density at radius 2 is 1.94 bits per heavy atom. The van der Waals surface area contributed by atoms with Crippen molar-refractivity contribution in [1.82, 2.24) is 25.0 Å². The monoisotopic (exact) mass is 453 g/mol. The second-order valence-corrected chi connectivity index (χ2v) is 9.54. The van der Waals surface area contributed by atoms with Crippen molar-refractivity contribution in [3.63, 3.8) is 0 Å². The summed E-state index contributed by atoms with van der Waals surface area (Å²) in [6.07, 6.45) is 5.91. The lowest BCUT2D eigenvalue weighted by Crippen LogP contribution is -2.33. The lowest BCUT2D eigenvalue weighted by atomic mass is 9.80. The van der Waals surface area contributed by atoms with E-state index in [1.807, 2.05) is 9.47 Å². The van der Waals surface area contributed by atoms with Crippen LogP contribution in [-0.2, 0) is 13.0 Å². The van der Waals surface area contributed by atoms with Gasteiger partial charge < -0.3 is 24.3 Å². The van der Waals surface area contributed by atoms with Crippen molar-refractivity contribution < 1.29 is 19.1 Å². The highest BCUT2D eigenvalue weighted by Gasteiger charge is 2.42. The number of benzene rings is 1. The molecule has 2 amide bonds. The number of ether oxygens (including phenoxy) is 2. The van der Waals surface area contributed by atoms with E-state index in [-0.39, 0.29) is 17.2 Å². The van der Waals surface area contributed by atoms with Crippen LogP contribution in [0, 0.1) is 11.3 Å². The number of nitrogens with zero attached hydrogens (tertiary/aromatic N) is 4. The topological polar surface area (TPSA) is 98.6 Å². The van der Waals surface area contributed by atoms with Gasteiger partial charge >= 0.3 is 0 Å². The second-order valence-electron chi connectivity index (χ2n) is 9.54. The number of likely N-dealkylation sites (tertiary alicyclic amines) is 1. The first-order valence-corrected chi connectivity index (χ1v) is 11.7. The minimum absolute atomic E-state index is 0.0184. The Balaban J connectivity index is 1.27. The first-order chi connectivity index (χ1) is 16.0. The minimum Gasteiger partial charge on any atom is -0.497 e. The van der Waals surface area contributed by atoms with Crippen LogP contribution in [0.4, 0.5) is 0 Å². The van der Waals surface area contributed by atoms with Gasteiger partial charge in [0.05, 0.1) is 19.8 Å². The van der Waals surface area contributed by atoms with Crippen LogP contribution in [0.25, 0.3) is 0 Å². The molecule has 1 aromatic carbocycles. The average molecular weight is 454 g/mol. The summed E-state index contributed by atoms with van der Waals surface area (Å²) in [6, 6.07) is 5.30. The molecule has 1 aromatic heterocycles. The zero-order chi connectivity index (χ0) is 23.0. The molecule has 33 heavy (non-hydrogen) atoms. The molecule has 1 atom stereocenters. The number of hydrogen-bond acceptors (Lipinski definition) is 6. The SMILES string of the molecule is COc1ccc(C(=O)N2CCC3(CCc4nnc(C(=O)NCC5CC5)n4CC3)C2)c(OC)c1. The van der Waals surface area contributed by atoms with E-state index < -0.39 is 0 Å².